The fraction of sp³-hybridized carbons (Fsp3) is 0.0769. The molecule has 0 atom stereocenters. The zero-order valence-electron chi connectivity index (χ0n) is 8.58. The van der Waals surface area contributed by atoms with Crippen LogP contribution in [0.5, 0.6) is 0 Å². The van der Waals surface area contributed by atoms with Crippen LogP contribution in [-0.2, 0) is 6.54 Å². The van der Waals surface area contributed by atoms with Crippen LogP contribution >= 0.6 is 11.6 Å². The van der Waals surface area contributed by atoms with Crippen LogP contribution in [-0.4, -0.2) is 0 Å². The average molecular weight is 236 g/mol. The second-order valence-electron chi connectivity index (χ2n) is 3.53. The van der Waals surface area contributed by atoms with Gasteiger partial charge in [0.15, 0.2) is 0 Å². The second kappa shape index (κ2) is 4.64. The van der Waals surface area contributed by atoms with Gasteiger partial charge in [0.05, 0.1) is 0 Å². The first kappa shape index (κ1) is 11.1. The monoisotopic (exact) mass is 235 g/mol. The molecule has 2 N–H and O–H groups in total. The van der Waals surface area contributed by atoms with Gasteiger partial charge in [0.2, 0.25) is 0 Å². The van der Waals surface area contributed by atoms with E-state index in [1.165, 1.54) is 12.1 Å². The maximum absolute atomic E-state index is 13.1. The maximum Gasteiger partial charge on any atom is 0.123 e. The molecule has 0 unspecified atom stereocenters. The molecule has 0 saturated heterocycles. The summed E-state index contributed by atoms with van der Waals surface area (Å²) in [6, 6.07) is 11.9. The summed E-state index contributed by atoms with van der Waals surface area (Å²) in [7, 11) is 0. The van der Waals surface area contributed by atoms with Gasteiger partial charge in [0.1, 0.15) is 5.82 Å². The van der Waals surface area contributed by atoms with Crippen molar-refractivity contribution in [2.45, 2.75) is 6.54 Å². The third kappa shape index (κ3) is 2.23. The van der Waals surface area contributed by atoms with Crippen LogP contribution in [0.25, 0.3) is 11.1 Å². The molecule has 0 radical (unpaired) electrons. The molecule has 0 aliphatic heterocycles. The van der Waals surface area contributed by atoms with Gasteiger partial charge < -0.3 is 5.73 Å². The molecular weight excluding hydrogens is 225 g/mol. The van der Waals surface area contributed by atoms with Crippen molar-refractivity contribution in [1.29, 1.82) is 0 Å². The van der Waals surface area contributed by atoms with Gasteiger partial charge in [0.25, 0.3) is 0 Å². The van der Waals surface area contributed by atoms with Gasteiger partial charge in [-0.2, -0.15) is 0 Å². The lowest BCUT2D eigenvalue weighted by Crippen LogP contribution is -1.96. The summed E-state index contributed by atoms with van der Waals surface area (Å²) in [6.45, 7) is 0.448. The topological polar surface area (TPSA) is 26.0 Å². The Labute approximate surface area is 98.7 Å². The first-order valence-electron chi connectivity index (χ1n) is 4.95. The molecule has 16 heavy (non-hydrogen) atoms. The molecule has 0 heterocycles. The Morgan fingerprint density at radius 1 is 1.12 bits per heavy atom. The largest absolute Gasteiger partial charge is 0.326 e. The first-order chi connectivity index (χ1) is 7.70. The van der Waals surface area contributed by atoms with Gasteiger partial charge in [-0.05, 0) is 29.3 Å². The van der Waals surface area contributed by atoms with Gasteiger partial charge in [-0.3, -0.25) is 0 Å². The Hall–Kier alpha value is -1.38. The van der Waals surface area contributed by atoms with Crippen LogP contribution in [0.15, 0.2) is 42.5 Å². The van der Waals surface area contributed by atoms with Crippen LogP contribution in [0.2, 0.25) is 5.02 Å². The van der Waals surface area contributed by atoms with Crippen molar-refractivity contribution in [3.63, 3.8) is 0 Å². The standard InChI is InChI=1S/C13H11ClFN/c14-13-6-9(8-16)4-5-12(13)10-2-1-3-11(15)7-10/h1-7H,8,16H2. The van der Waals surface area contributed by atoms with E-state index in [0.717, 1.165) is 16.7 Å². The summed E-state index contributed by atoms with van der Waals surface area (Å²) >= 11 is 6.12. The molecule has 0 aliphatic rings. The van der Waals surface area contributed by atoms with E-state index < -0.39 is 0 Å². The predicted molar refractivity (Wildman–Crippen MR) is 64.7 cm³/mol. The second-order valence-corrected chi connectivity index (χ2v) is 3.94. The quantitative estimate of drug-likeness (QED) is 0.846. The van der Waals surface area contributed by atoms with E-state index in [0.29, 0.717) is 11.6 Å². The van der Waals surface area contributed by atoms with Crippen molar-refractivity contribution in [2.24, 2.45) is 5.73 Å². The number of hydrogen-bond acceptors (Lipinski definition) is 1. The van der Waals surface area contributed by atoms with Crippen molar-refractivity contribution in [1.82, 2.24) is 0 Å². The normalized spacial score (nSPS) is 10.4. The zero-order chi connectivity index (χ0) is 11.5. The Bertz CT molecular complexity index is 511. The number of benzene rings is 2. The van der Waals surface area contributed by atoms with E-state index in [-0.39, 0.29) is 5.82 Å². The molecule has 0 saturated carbocycles. The van der Waals surface area contributed by atoms with Crippen molar-refractivity contribution < 1.29 is 4.39 Å². The molecule has 0 aliphatic carbocycles. The van der Waals surface area contributed by atoms with E-state index in [1.54, 1.807) is 6.07 Å². The summed E-state index contributed by atoms with van der Waals surface area (Å²) in [6.07, 6.45) is 0. The van der Waals surface area contributed by atoms with Gasteiger partial charge >= 0.3 is 0 Å². The van der Waals surface area contributed by atoms with E-state index >= 15 is 0 Å². The Balaban J connectivity index is 2.48. The molecule has 0 fully saturated rings. The molecule has 2 rings (SSSR count). The minimum Gasteiger partial charge on any atom is -0.326 e. The highest BCUT2D eigenvalue weighted by molar-refractivity contribution is 6.33. The van der Waals surface area contributed by atoms with E-state index in [9.17, 15) is 4.39 Å². The highest BCUT2D eigenvalue weighted by Gasteiger charge is 2.04. The molecule has 82 valence electrons. The smallest absolute Gasteiger partial charge is 0.123 e. The van der Waals surface area contributed by atoms with Crippen LogP contribution < -0.4 is 5.73 Å². The molecular formula is C13H11ClFN. The summed E-state index contributed by atoms with van der Waals surface area (Å²) in [4.78, 5) is 0. The molecule has 2 aromatic rings. The number of rotatable bonds is 2. The molecule has 0 bridgehead atoms. The molecule has 2 aromatic carbocycles. The van der Waals surface area contributed by atoms with Crippen LogP contribution in [0.4, 0.5) is 4.39 Å². The Morgan fingerprint density at radius 3 is 2.56 bits per heavy atom. The third-order valence-electron chi connectivity index (χ3n) is 2.40. The summed E-state index contributed by atoms with van der Waals surface area (Å²) < 4.78 is 13.1. The lowest BCUT2D eigenvalue weighted by atomic mass is 10.0. The SMILES string of the molecule is NCc1ccc(-c2cccc(F)c2)c(Cl)c1. The highest BCUT2D eigenvalue weighted by Crippen LogP contribution is 2.28. The van der Waals surface area contributed by atoms with Crippen LogP contribution in [0.1, 0.15) is 5.56 Å². The van der Waals surface area contributed by atoms with Crippen molar-refractivity contribution >= 4 is 11.6 Å². The molecule has 0 amide bonds. The first-order valence-corrected chi connectivity index (χ1v) is 5.33. The van der Waals surface area contributed by atoms with E-state index in [2.05, 4.69) is 0 Å². The van der Waals surface area contributed by atoms with Gasteiger partial charge in [-0.25, -0.2) is 4.39 Å². The fourth-order valence-corrected chi connectivity index (χ4v) is 1.89. The fourth-order valence-electron chi connectivity index (χ4n) is 1.58. The zero-order valence-corrected chi connectivity index (χ0v) is 9.34. The molecule has 3 heteroatoms. The summed E-state index contributed by atoms with van der Waals surface area (Å²) in [5, 5.41) is 0.591. The lowest BCUT2D eigenvalue weighted by molar-refractivity contribution is 0.628. The van der Waals surface area contributed by atoms with Crippen LogP contribution in [0.3, 0.4) is 0 Å². The summed E-state index contributed by atoms with van der Waals surface area (Å²) in [5.41, 5.74) is 8.07. The van der Waals surface area contributed by atoms with E-state index in [1.807, 2.05) is 24.3 Å². The predicted octanol–water partition coefficient (Wildman–Crippen LogP) is 3.60. The maximum atomic E-state index is 13.1. The van der Waals surface area contributed by atoms with Gasteiger partial charge in [-0.15, -0.1) is 0 Å². The molecule has 0 aromatic heterocycles. The van der Waals surface area contributed by atoms with Crippen LogP contribution in [0, 0.1) is 5.82 Å². The average Bonchev–Trinajstić information content (AvgIpc) is 2.28. The lowest BCUT2D eigenvalue weighted by Gasteiger charge is -2.06. The number of halogens is 2. The van der Waals surface area contributed by atoms with Crippen molar-refractivity contribution in [3.8, 4) is 11.1 Å². The van der Waals surface area contributed by atoms with E-state index in [4.69, 9.17) is 17.3 Å². The Kier molecular flexibility index (Phi) is 3.22. The van der Waals surface area contributed by atoms with Gasteiger partial charge in [0, 0.05) is 17.1 Å². The van der Waals surface area contributed by atoms with Crippen molar-refractivity contribution in [2.75, 3.05) is 0 Å². The minimum atomic E-state index is -0.267. The summed E-state index contributed by atoms with van der Waals surface area (Å²) in [5.74, 6) is -0.267. The number of hydrogen-bond donors (Lipinski definition) is 1. The van der Waals surface area contributed by atoms with Gasteiger partial charge in [-0.1, -0.05) is 35.9 Å². The number of nitrogens with two attached hydrogens (primary N) is 1. The molecule has 0 spiro atoms. The molecule has 1 nitrogen and oxygen atoms in total. The highest BCUT2D eigenvalue weighted by atomic mass is 35.5. The Morgan fingerprint density at radius 2 is 1.94 bits per heavy atom. The minimum absolute atomic E-state index is 0.267. The third-order valence-corrected chi connectivity index (χ3v) is 2.72. The van der Waals surface area contributed by atoms with Crippen molar-refractivity contribution in [3.05, 3.63) is 58.9 Å².